The zero-order valence-electron chi connectivity index (χ0n) is 11.0. The molecule has 1 heterocycles. The zero-order valence-corrected chi connectivity index (χ0v) is 11.8. The average molecular weight is 309 g/mol. The smallest absolute Gasteiger partial charge is 0.268 e. The van der Waals surface area contributed by atoms with Crippen molar-refractivity contribution in [2.45, 2.75) is 4.90 Å². The van der Waals surface area contributed by atoms with Gasteiger partial charge in [0.05, 0.1) is 28.4 Å². The molecule has 1 aliphatic heterocycles. The van der Waals surface area contributed by atoms with E-state index in [0.717, 1.165) is 0 Å². The van der Waals surface area contributed by atoms with E-state index in [-0.39, 0.29) is 27.3 Å². The van der Waals surface area contributed by atoms with E-state index in [2.05, 4.69) is 0 Å². The molecule has 0 saturated carbocycles. The van der Waals surface area contributed by atoms with E-state index in [1.54, 1.807) is 6.07 Å². The Morgan fingerprint density at radius 3 is 2.36 bits per heavy atom. The Morgan fingerprint density at radius 1 is 1.00 bits per heavy atom. The molecule has 2 aromatic rings. The summed E-state index contributed by atoms with van der Waals surface area (Å²) in [6.45, 7) is 0. The zero-order chi connectivity index (χ0) is 15.9. The molecule has 0 bridgehead atoms. The van der Waals surface area contributed by atoms with Gasteiger partial charge in [0, 0.05) is 0 Å². The Bertz CT molecular complexity index is 997. The summed E-state index contributed by atoms with van der Waals surface area (Å²) in [4.78, 5) is 12.3. The second-order valence-corrected chi connectivity index (χ2v) is 6.28. The summed E-state index contributed by atoms with van der Waals surface area (Å²) >= 11 is 0. The second kappa shape index (κ2) is 4.69. The fourth-order valence-corrected chi connectivity index (χ4v) is 3.91. The van der Waals surface area contributed by atoms with Crippen LogP contribution < -0.4 is 4.31 Å². The van der Waals surface area contributed by atoms with Gasteiger partial charge >= 0.3 is 0 Å². The Kier molecular flexibility index (Phi) is 2.94. The van der Waals surface area contributed by atoms with Crippen LogP contribution in [0.5, 0.6) is 0 Å². The molecule has 1 amide bonds. The van der Waals surface area contributed by atoms with Crippen molar-refractivity contribution in [1.82, 2.24) is 0 Å². The number of carbonyl (C=O) groups excluding carboxylic acids is 1. The van der Waals surface area contributed by atoms with E-state index in [1.165, 1.54) is 36.4 Å². The lowest BCUT2D eigenvalue weighted by Crippen LogP contribution is -2.30. The van der Waals surface area contributed by atoms with Gasteiger partial charge in [0.15, 0.2) is 0 Å². The fraction of sp³-hybridized carbons (Fsp3) is 0. The van der Waals surface area contributed by atoms with E-state index in [4.69, 9.17) is 5.26 Å². The van der Waals surface area contributed by atoms with Crippen molar-refractivity contribution in [2.75, 3.05) is 4.31 Å². The number of hydrogen-bond donors (Lipinski definition) is 0. The number of carbonyl (C=O) groups is 1. The highest BCUT2D eigenvalue weighted by Crippen LogP contribution is 2.36. The number of amides is 1. The SMILES string of the molecule is N#Cc1ccc(N2C(=O)c3ccccc3S2(=O)=O)c(C#N)c1. The number of hydrogen-bond acceptors (Lipinski definition) is 5. The summed E-state index contributed by atoms with van der Waals surface area (Å²) in [7, 11) is -4.05. The normalized spacial score (nSPS) is 15.0. The monoisotopic (exact) mass is 309 g/mol. The molecule has 3 rings (SSSR count). The van der Waals surface area contributed by atoms with E-state index in [9.17, 15) is 18.5 Å². The van der Waals surface area contributed by atoms with Gasteiger partial charge < -0.3 is 0 Å². The molecule has 1 aliphatic rings. The summed E-state index contributed by atoms with van der Waals surface area (Å²) < 4.78 is 25.7. The molecule has 0 fully saturated rings. The Hall–Kier alpha value is -3.16. The number of fused-ring (bicyclic) bond motifs is 1. The number of nitriles is 2. The van der Waals surface area contributed by atoms with Gasteiger partial charge in [0.2, 0.25) is 0 Å². The van der Waals surface area contributed by atoms with Crippen molar-refractivity contribution in [3.05, 3.63) is 59.2 Å². The van der Waals surface area contributed by atoms with Crippen molar-refractivity contribution < 1.29 is 13.2 Å². The summed E-state index contributed by atoms with van der Waals surface area (Å²) in [6.07, 6.45) is 0. The molecular weight excluding hydrogens is 302 g/mol. The molecule has 106 valence electrons. The molecule has 2 aromatic carbocycles. The first kappa shape index (κ1) is 13.8. The third-order valence-electron chi connectivity index (χ3n) is 3.29. The lowest BCUT2D eigenvalue weighted by molar-refractivity contribution is 0.101. The number of rotatable bonds is 1. The standard InChI is InChI=1S/C15H7N3O3S/c16-8-10-5-6-13(11(7-10)9-17)18-15(19)12-3-1-2-4-14(12)22(18,20)21/h1-7H. The first-order valence-electron chi connectivity index (χ1n) is 6.13. The van der Waals surface area contributed by atoms with Crippen LogP contribution in [-0.4, -0.2) is 14.3 Å². The molecular formula is C15H7N3O3S. The van der Waals surface area contributed by atoms with Crippen molar-refractivity contribution >= 4 is 21.6 Å². The lowest BCUT2D eigenvalue weighted by atomic mass is 10.1. The summed E-state index contributed by atoms with van der Waals surface area (Å²) in [5.41, 5.74) is 0.170. The molecule has 0 N–H and O–H groups in total. The molecule has 0 atom stereocenters. The van der Waals surface area contributed by atoms with Gasteiger partial charge in [-0.3, -0.25) is 4.79 Å². The highest BCUT2D eigenvalue weighted by Gasteiger charge is 2.42. The molecule has 0 unspecified atom stereocenters. The molecule has 6 nitrogen and oxygen atoms in total. The lowest BCUT2D eigenvalue weighted by Gasteiger charge is -2.16. The van der Waals surface area contributed by atoms with Crippen LogP contribution >= 0.6 is 0 Å². The van der Waals surface area contributed by atoms with E-state index < -0.39 is 15.9 Å². The van der Waals surface area contributed by atoms with Crippen LogP contribution in [0.2, 0.25) is 0 Å². The third kappa shape index (κ3) is 1.77. The van der Waals surface area contributed by atoms with Crippen molar-refractivity contribution in [3.63, 3.8) is 0 Å². The third-order valence-corrected chi connectivity index (χ3v) is 5.04. The Labute approximate surface area is 126 Å². The second-order valence-electron chi connectivity index (χ2n) is 4.53. The van der Waals surface area contributed by atoms with Crippen LogP contribution in [0, 0.1) is 22.7 Å². The molecule has 22 heavy (non-hydrogen) atoms. The molecule has 0 aromatic heterocycles. The molecule has 0 aliphatic carbocycles. The van der Waals surface area contributed by atoms with Gasteiger partial charge in [-0.25, -0.2) is 8.42 Å². The van der Waals surface area contributed by atoms with Gasteiger partial charge in [-0.05, 0) is 30.3 Å². The average Bonchev–Trinajstić information content (AvgIpc) is 2.74. The maximum atomic E-state index is 12.5. The van der Waals surface area contributed by atoms with Gasteiger partial charge in [-0.2, -0.15) is 14.8 Å². The van der Waals surface area contributed by atoms with Gasteiger partial charge in [-0.1, -0.05) is 12.1 Å². The number of sulfonamides is 1. The molecule has 7 heteroatoms. The predicted octanol–water partition coefficient (Wildman–Crippen LogP) is 1.78. The minimum absolute atomic E-state index is 0.0521. The van der Waals surface area contributed by atoms with Crippen LogP contribution in [0.3, 0.4) is 0 Å². The number of benzene rings is 2. The van der Waals surface area contributed by atoms with E-state index >= 15 is 0 Å². The summed E-state index contributed by atoms with van der Waals surface area (Å²) in [5, 5.41) is 18.0. The van der Waals surface area contributed by atoms with Gasteiger partial charge in [0.1, 0.15) is 11.0 Å². The number of nitrogens with zero attached hydrogens (tertiary/aromatic N) is 3. The maximum absolute atomic E-state index is 12.5. The van der Waals surface area contributed by atoms with Crippen molar-refractivity contribution in [1.29, 1.82) is 10.5 Å². The van der Waals surface area contributed by atoms with Crippen molar-refractivity contribution in [3.8, 4) is 12.1 Å². The van der Waals surface area contributed by atoms with Gasteiger partial charge in [0.25, 0.3) is 15.9 Å². The first-order chi connectivity index (χ1) is 10.5. The summed E-state index contributed by atoms with van der Waals surface area (Å²) in [5.74, 6) is -0.711. The summed E-state index contributed by atoms with van der Waals surface area (Å²) in [6, 6.07) is 13.5. The van der Waals surface area contributed by atoms with Crippen LogP contribution in [0.25, 0.3) is 0 Å². The number of anilines is 1. The van der Waals surface area contributed by atoms with Crippen LogP contribution in [0.1, 0.15) is 21.5 Å². The van der Waals surface area contributed by atoms with E-state index in [0.29, 0.717) is 4.31 Å². The quantitative estimate of drug-likeness (QED) is 0.799. The largest absolute Gasteiger partial charge is 0.273 e. The predicted molar refractivity (Wildman–Crippen MR) is 76.3 cm³/mol. The highest BCUT2D eigenvalue weighted by atomic mass is 32.2. The minimum atomic E-state index is -4.05. The molecule has 0 radical (unpaired) electrons. The topological polar surface area (TPSA) is 102 Å². The van der Waals surface area contributed by atoms with Crippen LogP contribution in [0.15, 0.2) is 47.4 Å². The van der Waals surface area contributed by atoms with Crippen LogP contribution in [0.4, 0.5) is 5.69 Å². The Morgan fingerprint density at radius 2 is 1.73 bits per heavy atom. The van der Waals surface area contributed by atoms with Gasteiger partial charge in [-0.15, -0.1) is 0 Å². The van der Waals surface area contributed by atoms with Crippen LogP contribution in [-0.2, 0) is 10.0 Å². The highest BCUT2D eigenvalue weighted by molar-refractivity contribution is 7.94. The van der Waals surface area contributed by atoms with E-state index in [1.807, 2.05) is 12.1 Å². The molecule has 0 saturated heterocycles. The van der Waals surface area contributed by atoms with Crippen molar-refractivity contribution in [2.24, 2.45) is 0 Å². The Balaban J connectivity index is 2.26. The molecule has 0 spiro atoms. The maximum Gasteiger partial charge on any atom is 0.273 e. The fourth-order valence-electron chi connectivity index (χ4n) is 2.30. The minimum Gasteiger partial charge on any atom is -0.268 e. The first-order valence-corrected chi connectivity index (χ1v) is 7.57.